The number of ether oxygens (including phenoxy) is 1. The summed E-state index contributed by atoms with van der Waals surface area (Å²) in [7, 11) is 3.54. The van der Waals surface area contributed by atoms with E-state index in [1.165, 1.54) is 25.7 Å². The summed E-state index contributed by atoms with van der Waals surface area (Å²) in [6.07, 6.45) is 4.86. The summed E-state index contributed by atoms with van der Waals surface area (Å²) >= 11 is 6.17. The van der Waals surface area contributed by atoms with Gasteiger partial charge >= 0.3 is 0 Å². The summed E-state index contributed by atoms with van der Waals surface area (Å²) < 4.78 is 7.24. The fraction of sp³-hybridized carbons (Fsp3) is 0.438. The van der Waals surface area contributed by atoms with Gasteiger partial charge in [-0.2, -0.15) is 5.10 Å². The second kappa shape index (κ2) is 5.60. The molecule has 0 spiro atoms. The van der Waals surface area contributed by atoms with E-state index in [1.807, 2.05) is 25.2 Å². The fourth-order valence-electron chi connectivity index (χ4n) is 3.20. The number of hydrogen-bond acceptors (Lipinski definition) is 3. The summed E-state index contributed by atoms with van der Waals surface area (Å²) in [6.45, 7) is 0. The molecular weight excluding hydrogens is 286 g/mol. The van der Waals surface area contributed by atoms with Gasteiger partial charge in [-0.25, -0.2) is 0 Å². The van der Waals surface area contributed by atoms with E-state index in [0.29, 0.717) is 16.8 Å². The van der Waals surface area contributed by atoms with Gasteiger partial charge < -0.3 is 10.5 Å². The van der Waals surface area contributed by atoms with Gasteiger partial charge in [0.05, 0.1) is 18.4 Å². The van der Waals surface area contributed by atoms with Crippen LogP contribution in [0.5, 0.6) is 5.75 Å². The van der Waals surface area contributed by atoms with Gasteiger partial charge in [0.2, 0.25) is 0 Å². The van der Waals surface area contributed by atoms with Crippen LogP contribution >= 0.6 is 11.6 Å². The molecule has 0 unspecified atom stereocenters. The van der Waals surface area contributed by atoms with Gasteiger partial charge in [-0.15, -0.1) is 0 Å². The number of anilines is 1. The number of aromatic nitrogens is 2. The summed E-state index contributed by atoms with van der Waals surface area (Å²) in [5, 5.41) is 5.34. The van der Waals surface area contributed by atoms with Gasteiger partial charge in [-0.05, 0) is 31.0 Å². The van der Waals surface area contributed by atoms with Gasteiger partial charge in [-0.3, -0.25) is 4.68 Å². The quantitative estimate of drug-likeness (QED) is 0.933. The van der Waals surface area contributed by atoms with Crippen molar-refractivity contribution in [3.05, 3.63) is 28.9 Å². The molecule has 0 aliphatic heterocycles. The van der Waals surface area contributed by atoms with Crippen LogP contribution in [0.15, 0.2) is 18.2 Å². The summed E-state index contributed by atoms with van der Waals surface area (Å²) in [5.74, 6) is 1.92. The number of rotatable bonds is 3. The van der Waals surface area contributed by atoms with Crippen molar-refractivity contribution in [2.45, 2.75) is 31.6 Å². The Bertz CT molecular complexity index is 660. The minimum atomic E-state index is 0.479. The molecule has 1 aliphatic carbocycles. The molecule has 1 aromatic carbocycles. The Morgan fingerprint density at radius 3 is 2.71 bits per heavy atom. The number of benzene rings is 1. The zero-order valence-electron chi connectivity index (χ0n) is 12.4. The molecule has 2 aromatic rings. The smallest absolute Gasteiger partial charge is 0.129 e. The van der Waals surface area contributed by atoms with Crippen LogP contribution in [0.4, 0.5) is 5.82 Å². The first kappa shape index (κ1) is 14.3. The normalized spacial score (nSPS) is 15.6. The molecule has 4 nitrogen and oxygen atoms in total. The van der Waals surface area contributed by atoms with Crippen LogP contribution in [0.3, 0.4) is 0 Å². The number of aryl methyl sites for hydroxylation is 1. The Morgan fingerprint density at radius 2 is 2.05 bits per heavy atom. The average molecular weight is 306 g/mol. The van der Waals surface area contributed by atoms with E-state index in [-0.39, 0.29) is 0 Å². The van der Waals surface area contributed by atoms with Crippen molar-refractivity contribution < 1.29 is 4.74 Å². The van der Waals surface area contributed by atoms with E-state index in [0.717, 1.165) is 22.6 Å². The first-order valence-electron chi connectivity index (χ1n) is 7.28. The third-order valence-corrected chi connectivity index (χ3v) is 4.53. The van der Waals surface area contributed by atoms with E-state index in [1.54, 1.807) is 11.8 Å². The van der Waals surface area contributed by atoms with Crippen molar-refractivity contribution in [3.8, 4) is 16.9 Å². The Balaban J connectivity index is 2.19. The predicted octanol–water partition coefficient (Wildman–Crippen LogP) is 3.99. The standard InChI is InChI=1S/C16H20ClN3O/c1-20-16(18)14(15(19-20)10-5-3-4-6-10)12-9-11(17)7-8-13(12)21-2/h7-10H,3-6,18H2,1-2H3. The molecule has 1 saturated carbocycles. The molecule has 21 heavy (non-hydrogen) atoms. The van der Waals surface area contributed by atoms with Crippen molar-refractivity contribution in [2.24, 2.45) is 7.05 Å². The lowest BCUT2D eigenvalue weighted by Gasteiger charge is -2.13. The Kier molecular flexibility index (Phi) is 3.81. The van der Waals surface area contributed by atoms with Crippen molar-refractivity contribution in [3.63, 3.8) is 0 Å². The lowest BCUT2D eigenvalue weighted by molar-refractivity contribution is 0.416. The second-order valence-corrected chi connectivity index (χ2v) is 6.03. The monoisotopic (exact) mass is 305 g/mol. The number of methoxy groups -OCH3 is 1. The van der Waals surface area contributed by atoms with Crippen LogP contribution in [0.25, 0.3) is 11.1 Å². The zero-order chi connectivity index (χ0) is 15.0. The average Bonchev–Trinajstić information content (AvgIpc) is 3.08. The number of nitrogens with zero attached hydrogens (tertiary/aromatic N) is 2. The van der Waals surface area contributed by atoms with Crippen LogP contribution < -0.4 is 10.5 Å². The third-order valence-electron chi connectivity index (χ3n) is 4.29. The van der Waals surface area contributed by atoms with E-state index in [9.17, 15) is 0 Å². The van der Waals surface area contributed by atoms with Gasteiger partial charge in [0.15, 0.2) is 0 Å². The maximum Gasteiger partial charge on any atom is 0.129 e. The minimum absolute atomic E-state index is 0.479. The Labute approximate surface area is 129 Å². The summed E-state index contributed by atoms with van der Waals surface area (Å²) in [4.78, 5) is 0. The van der Waals surface area contributed by atoms with Crippen LogP contribution in [0.1, 0.15) is 37.3 Å². The molecule has 5 heteroatoms. The molecule has 0 atom stereocenters. The van der Waals surface area contributed by atoms with Crippen LogP contribution in [0.2, 0.25) is 5.02 Å². The van der Waals surface area contributed by atoms with Gasteiger partial charge in [0, 0.05) is 23.6 Å². The van der Waals surface area contributed by atoms with E-state index >= 15 is 0 Å². The molecule has 0 saturated heterocycles. The SMILES string of the molecule is COc1ccc(Cl)cc1-c1c(C2CCCC2)nn(C)c1N. The largest absolute Gasteiger partial charge is 0.496 e. The van der Waals surface area contributed by atoms with Crippen LogP contribution in [-0.2, 0) is 7.05 Å². The topological polar surface area (TPSA) is 53.1 Å². The van der Waals surface area contributed by atoms with Crippen molar-refractivity contribution in [2.75, 3.05) is 12.8 Å². The molecule has 112 valence electrons. The lowest BCUT2D eigenvalue weighted by Crippen LogP contribution is -1.98. The Hall–Kier alpha value is -1.68. The molecule has 0 bridgehead atoms. The van der Waals surface area contributed by atoms with E-state index in [4.69, 9.17) is 22.1 Å². The first-order valence-corrected chi connectivity index (χ1v) is 7.66. The molecule has 1 aliphatic rings. The highest BCUT2D eigenvalue weighted by molar-refractivity contribution is 6.31. The van der Waals surface area contributed by atoms with Crippen molar-refractivity contribution in [1.82, 2.24) is 9.78 Å². The van der Waals surface area contributed by atoms with Gasteiger partial charge in [-0.1, -0.05) is 24.4 Å². The van der Waals surface area contributed by atoms with E-state index < -0.39 is 0 Å². The lowest BCUT2D eigenvalue weighted by atomic mass is 9.95. The zero-order valence-corrected chi connectivity index (χ0v) is 13.2. The molecule has 0 amide bonds. The van der Waals surface area contributed by atoms with Gasteiger partial charge in [0.1, 0.15) is 11.6 Å². The van der Waals surface area contributed by atoms with Crippen molar-refractivity contribution in [1.29, 1.82) is 0 Å². The minimum Gasteiger partial charge on any atom is -0.496 e. The molecule has 3 rings (SSSR count). The molecule has 1 heterocycles. The molecule has 1 fully saturated rings. The Morgan fingerprint density at radius 1 is 1.33 bits per heavy atom. The highest BCUT2D eigenvalue weighted by Gasteiger charge is 2.27. The number of nitrogen functional groups attached to an aromatic ring is 1. The third kappa shape index (κ3) is 2.48. The van der Waals surface area contributed by atoms with Crippen LogP contribution in [-0.4, -0.2) is 16.9 Å². The predicted molar refractivity (Wildman–Crippen MR) is 85.8 cm³/mol. The highest BCUT2D eigenvalue weighted by atomic mass is 35.5. The van der Waals surface area contributed by atoms with Crippen molar-refractivity contribution >= 4 is 17.4 Å². The molecule has 2 N–H and O–H groups in total. The fourth-order valence-corrected chi connectivity index (χ4v) is 3.37. The van der Waals surface area contributed by atoms with E-state index in [2.05, 4.69) is 5.10 Å². The molecular formula is C16H20ClN3O. The highest BCUT2D eigenvalue weighted by Crippen LogP contribution is 2.44. The number of nitrogens with two attached hydrogens (primary N) is 1. The van der Waals surface area contributed by atoms with Gasteiger partial charge in [0.25, 0.3) is 0 Å². The summed E-state index contributed by atoms with van der Waals surface area (Å²) in [5.41, 5.74) is 9.26. The molecule has 1 aromatic heterocycles. The maximum absolute atomic E-state index is 6.28. The number of halogens is 1. The summed E-state index contributed by atoms with van der Waals surface area (Å²) in [6, 6.07) is 5.61. The van der Waals surface area contributed by atoms with Crippen LogP contribution in [0, 0.1) is 0 Å². The maximum atomic E-state index is 6.28. The second-order valence-electron chi connectivity index (χ2n) is 5.60. The molecule has 0 radical (unpaired) electrons. The first-order chi connectivity index (χ1) is 10.1. The number of hydrogen-bond donors (Lipinski definition) is 1.